The van der Waals surface area contributed by atoms with Crippen LogP contribution >= 0.6 is 0 Å². The molecular weight excluding hydrogens is 285 g/mol. The molecule has 0 N–H and O–H groups in total. The van der Waals surface area contributed by atoms with E-state index in [0.717, 1.165) is 25.9 Å². The van der Waals surface area contributed by atoms with E-state index in [0.29, 0.717) is 37.8 Å². The molecule has 4 nitrogen and oxygen atoms in total. The van der Waals surface area contributed by atoms with Gasteiger partial charge < -0.3 is 14.4 Å². The van der Waals surface area contributed by atoms with Crippen LogP contribution in [0.25, 0.3) is 0 Å². The van der Waals surface area contributed by atoms with Crippen LogP contribution in [-0.2, 0) is 9.53 Å². The Kier molecular flexibility index (Phi) is 4.93. The molecule has 2 fully saturated rings. The maximum absolute atomic E-state index is 13.1. The topological polar surface area (TPSA) is 38.8 Å². The molecule has 0 radical (unpaired) electrons. The number of piperidine rings is 1. The van der Waals surface area contributed by atoms with Crippen LogP contribution < -0.4 is 4.74 Å². The van der Waals surface area contributed by atoms with Gasteiger partial charge in [-0.15, -0.1) is 0 Å². The number of likely N-dealkylation sites (tertiary alicyclic amines) is 1. The summed E-state index contributed by atoms with van der Waals surface area (Å²) in [6.07, 6.45) is 3.23. The highest BCUT2D eigenvalue weighted by Crippen LogP contribution is 2.22. The molecule has 22 heavy (non-hydrogen) atoms. The third-order valence-corrected chi connectivity index (χ3v) is 4.38. The molecular formula is C17H22FNO3. The van der Waals surface area contributed by atoms with Gasteiger partial charge in [0.25, 0.3) is 0 Å². The maximum atomic E-state index is 13.1. The van der Waals surface area contributed by atoms with Gasteiger partial charge >= 0.3 is 0 Å². The summed E-state index contributed by atoms with van der Waals surface area (Å²) in [5.41, 5.74) is 0. The van der Waals surface area contributed by atoms with Crippen molar-refractivity contribution < 1.29 is 18.7 Å². The second-order valence-corrected chi connectivity index (χ2v) is 6.09. The van der Waals surface area contributed by atoms with Crippen LogP contribution in [0.3, 0.4) is 0 Å². The van der Waals surface area contributed by atoms with Crippen molar-refractivity contribution in [2.75, 3.05) is 26.3 Å². The Bertz CT molecular complexity index is 508. The number of halogens is 1. The number of carbonyl (C=O) groups is 1. The van der Waals surface area contributed by atoms with Crippen LogP contribution in [0.5, 0.6) is 5.75 Å². The second kappa shape index (κ2) is 7.09. The average Bonchev–Trinajstić information content (AvgIpc) is 3.01. The van der Waals surface area contributed by atoms with E-state index in [2.05, 4.69) is 0 Å². The minimum absolute atomic E-state index is 0.0562. The number of amides is 1. The van der Waals surface area contributed by atoms with E-state index in [1.165, 1.54) is 12.1 Å². The summed E-state index contributed by atoms with van der Waals surface area (Å²) in [5, 5.41) is 0. The van der Waals surface area contributed by atoms with Crippen LogP contribution in [0.15, 0.2) is 24.3 Å². The fourth-order valence-corrected chi connectivity index (χ4v) is 3.08. The lowest BCUT2D eigenvalue weighted by molar-refractivity contribution is -0.134. The monoisotopic (exact) mass is 307 g/mol. The van der Waals surface area contributed by atoms with Gasteiger partial charge in [0, 0.05) is 51.6 Å². The Morgan fingerprint density at radius 1 is 1.32 bits per heavy atom. The Balaban J connectivity index is 1.44. The number of hydrogen-bond donors (Lipinski definition) is 0. The zero-order valence-corrected chi connectivity index (χ0v) is 12.7. The number of rotatable bonds is 4. The number of benzene rings is 1. The molecule has 0 unspecified atom stereocenters. The first kappa shape index (κ1) is 15.3. The van der Waals surface area contributed by atoms with Gasteiger partial charge in [0.1, 0.15) is 17.7 Å². The second-order valence-electron chi connectivity index (χ2n) is 6.09. The van der Waals surface area contributed by atoms with Crippen LogP contribution in [-0.4, -0.2) is 43.2 Å². The molecule has 1 amide bonds. The normalized spacial score (nSPS) is 22.8. The number of hydrogen-bond acceptors (Lipinski definition) is 3. The first-order valence-electron chi connectivity index (χ1n) is 7.98. The molecule has 120 valence electrons. The summed E-state index contributed by atoms with van der Waals surface area (Å²) in [6, 6.07) is 6.21. The first-order chi connectivity index (χ1) is 10.7. The smallest absolute Gasteiger partial charge is 0.222 e. The molecule has 0 bridgehead atoms. The summed E-state index contributed by atoms with van der Waals surface area (Å²) in [5.74, 6) is 0.880. The Morgan fingerprint density at radius 3 is 2.82 bits per heavy atom. The lowest BCUT2D eigenvalue weighted by atomic mass is 10.0. The molecule has 2 aliphatic rings. The predicted octanol–water partition coefficient (Wildman–Crippen LogP) is 2.62. The van der Waals surface area contributed by atoms with Crippen molar-refractivity contribution in [2.45, 2.75) is 31.8 Å². The lowest BCUT2D eigenvalue weighted by Crippen LogP contribution is -2.42. The van der Waals surface area contributed by atoms with Gasteiger partial charge in [-0.05, 0) is 24.5 Å². The van der Waals surface area contributed by atoms with Crippen LogP contribution in [0.2, 0.25) is 0 Å². The molecule has 2 heterocycles. The fraction of sp³-hybridized carbons (Fsp3) is 0.588. The fourth-order valence-electron chi connectivity index (χ4n) is 3.08. The van der Waals surface area contributed by atoms with E-state index >= 15 is 0 Å². The van der Waals surface area contributed by atoms with Gasteiger partial charge in [-0.3, -0.25) is 4.79 Å². The van der Waals surface area contributed by atoms with Gasteiger partial charge in [-0.2, -0.15) is 0 Å². The standard InChI is InChI=1S/C17H22FNO3/c18-14-2-1-3-16(11-14)22-15-4-7-19(8-5-15)17(20)10-13-6-9-21-12-13/h1-3,11,13,15H,4-10,12H2/t13-/m0/s1. The zero-order valence-electron chi connectivity index (χ0n) is 12.7. The summed E-state index contributed by atoms with van der Waals surface area (Å²) >= 11 is 0. The molecule has 2 aliphatic heterocycles. The Hall–Kier alpha value is -1.62. The molecule has 5 heteroatoms. The molecule has 1 aromatic rings. The molecule has 1 atom stereocenters. The van der Waals surface area contributed by atoms with E-state index in [4.69, 9.17) is 9.47 Å². The quantitative estimate of drug-likeness (QED) is 0.858. The van der Waals surface area contributed by atoms with Gasteiger partial charge in [-0.25, -0.2) is 4.39 Å². The molecule has 0 saturated carbocycles. The van der Waals surface area contributed by atoms with Crippen molar-refractivity contribution in [3.05, 3.63) is 30.1 Å². The highest BCUT2D eigenvalue weighted by atomic mass is 19.1. The minimum Gasteiger partial charge on any atom is -0.490 e. The predicted molar refractivity (Wildman–Crippen MR) is 80.2 cm³/mol. The van der Waals surface area contributed by atoms with Gasteiger partial charge in [0.2, 0.25) is 5.91 Å². The van der Waals surface area contributed by atoms with Crippen molar-refractivity contribution >= 4 is 5.91 Å². The molecule has 1 aromatic carbocycles. The molecule has 0 aromatic heterocycles. The van der Waals surface area contributed by atoms with Crippen molar-refractivity contribution in [1.29, 1.82) is 0 Å². The van der Waals surface area contributed by atoms with Crippen molar-refractivity contribution in [3.63, 3.8) is 0 Å². The highest BCUT2D eigenvalue weighted by molar-refractivity contribution is 5.76. The van der Waals surface area contributed by atoms with Crippen LogP contribution in [0, 0.1) is 11.7 Å². The van der Waals surface area contributed by atoms with Gasteiger partial charge in [-0.1, -0.05) is 6.07 Å². The SMILES string of the molecule is O=C(C[C@@H]1CCOC1)N1CCC(Oc2cccc(F)c2)CC1. The van der Waals surface area contributed by atoms with Gasteiger partial charge in [0.05, 0.1) is 0 Å². The van der Waals surface area contributed by atoms with Crippen molar-refractivity contribution in [2.24, 2.45) is 5.92 Å². The lowest BCUT2D eigenvalue weighted by Gasteiger charge is -2.32. The van der Waals surface area contributed by atoms with Crippen LogP contribution in [0.4, 0.5) is 4.39 Å². The zero-order chi connectivity index (χ0) is 15.4. The van der Waals surface area contributed by atoms with Crippen molar-refractivity contribution in [3.8, 4) is 5.75 Å². The summed E-state index contributed by atoms with van der Waals surface area (Å²) in [6.45, 7) is 2.92. The highest BCUT2D eigenvalue weighted by Gasteiger charge is 2.27. The first-order valence-corrected chi connectivity index (χ1v) is 7.98. The van der Waals surface area contributed by atoms with E-state index in [-0.39, 0.29) is 17.8 Å². The molecule has 3 rings (SSSR count). The van der Waals surface area contributed by atoms with E-state index < -0.39 is 0 Å². The Morgan fingerprint density at radius 2 is 2.14 bits per heavy atom. The third kappa shape index (κ3) is 3.97. The maximum Gasteiger partial charge on any atom is 0.222 e. The van der Waals surface area contributed by atoms with E-state index in [9.17, 15) is 9.18 Å². The Labute approximate surface area is 130 Å². The van der Waals surface area contributed by atoms with Gasteiger partial charge in [0.15, 0.2) is 0 Å². The largest absolute Gasteiger partial charge is 0.490 e. The minimum atomic E-state index is -0.288. The number of ether oxygens (including phenoxy) is 2. The molecule has 2 saturated heterocycles. The van der Waals surface area contributed by atoms with Crippen LogP contribution in [0.1, 0.15) is 25.7 Å². The average molecular weight is 307 g/mol. The van der Waals surface area contributed by atoms with Crippen molar-refractivity contribution in [1.82, 2.24) is 4.90 Å². The molecule has 0 spiro atoms. The third-order valence-electron chi connectivity index (χ3n) is 4.38. The number of carbonyl (C=O) groups excluding carboxylic acids is 1. The van der Waals surface area contributed by atoms with E-state index in [1.54, 1.807) is 12.1 Å². The summed E-state index contributed by atoms with van der Waals surface area (Å²) in [4.78, 5) is 14.2. The van der Waals surface area contributed by atoms with E-state index in [1.807, 2.05) is 4.90 Å². The number of nitrogens with zero attached hydrogens (tertiary/aromatic N) is 1. The summed E-state index contributed by atoms with van der Waals surface area (Å²) < 4.78 is 24.3. The summed E-state index contributed by atoms with van der Waals surface area (Å²) in [7, 11) is 0. The molecule has 0 aliphatic carbocycles.